The molecule has 4 heteroatoms. The van der Waals surface area contributed by atoms with E-state index in [1.807, 2.05) is 35.2 Å². The van der Waals surface area contributed by atoms with Crippen LogP contribution in [0.5, 0.6) is 0 Å². The van der Waals surface area contributed by atoms with Crippen molar-refractivity contribution in [3.8, 4) is 0 Å². The van der Waals surface area contributed by atoms with Crippen LogP contribution in [0.4, 0.5) is 0 Å². The highest BCUT2D eigenvalue weighted by Crippen LogP contribution is 1.87. The van der Waals surface area contributed by atoms with Crippen LogP contribution in [0.2, 0.25) is 0 Å². The summed E-state index contributed by atoms with van der Waals surface area (Å²) in [6.07, 6.45) is 3.34. The SMILES string of the molecule is OC(CCl)C[n+]1ccccc1.[Cl-]. The molecule has 1 atom stereocenters. The van der Waals surface area contributed by atoms with Crippen LogP contribution in [0.1, 0.15) is 0 Å². The number of rotatable bonds is 3. The Morgan fingerprint density at radius 2 is 1.83 bits per heavy atom. The first-order valence-corrected chi connectivity index (χ1v) is 4.04. The van der Waals surface area contributed by atoms with E-state index in [1.165, 1.54) is 0 Å². The lowest BCUT2D eigenvalue weighted by molar-refractivity contribution is -0.703. The average Bonchev–Trinajstić information content (AvgIpc) is 2.06. The molecule has 0 aliphatic heterocycles. The smallest absolute Gasteiger partial charge is 0.175 e. The number of nitrogens with zero attached hydrogens (tertiary/aromatic N) is 1. The van der Waals surface area contributed by atoms with Gasteiger partial charge in [-0.05, 0) is 0 Å². The number of alkyl halides is 1. The van der Waals surface area contributed by atoms with E-state index >= 15 is 0 Å². The van der Waals surface area contributed by atoms with Gasteiger partial charge in [0.25, 0.3) is 0 Å². The number of aliphatic hydroxyl groups excluding tert-OH is 1. The Labute approximate surface area is 83.2 Å². The number of hydrogen-bond donors (Lipinski definition) is 1. The van der Waals surface area contributed by atoms with Crippen molar-refractivity contribution in [1.29, 1.82) is 0 Å². The predicted octanol–water partition coefficient (Wildman–Crippen LogP) is -2.42. The lowest BCUT2D eigenvalue weighted by Gasteiger charge is -2.00. The molecule has 0 aliphatic rings. The van der Waals surface area contributed by atoms with E-state index in [0.29, 0.717) is 6.54 Å². The summed E-state index contributed by atoms with van der Waals surface area (Å²) in [5.74, 6) is 0.280. The molecule has 0 bridgehead atoms. The van der Waals surface area contributed by atoms with Gasteiger partial charge in [-0.2, -0.15) is 0 Å². The molecule has 0 fully saturated rings. The number of halogens is 2. The molecule has 1 rings (SSSR count). The van der Waals surface area contributed by atoms with Crippen molar-refractivity contribution in [3.63, 3.8) is 0 Å². The van der Waals surface area contributed by atoms with E-state index in [-0.39, 0.29) is 18.3 Å². The molecule has 1 N–H and O–H groups in total. The van der Waals surface area contributed by atoms with Crippen LogP contribution in [0.15, 0.2) is 30.6 Å². The lowest BCUT2D eigenvalue weighted by Crippen LogP contribution is -3.00. The van der Waals surface area contributed by atoms with Crippen molar-refractivity contribution < 1.29 is 22.1 Å². The highest BCUT2D eigenvalue weighted by Gasteiger charge is 2.07. The second kappa shape index (κ2) is 6.23. The second-order valence-electron chi connectivity index (χ2n) is 2.38. The summed E-state index contributed by atoms with van der Waals surface area (Å²) in [4.78, 5) is 0. The van der Waals surface area contributed by atoms with Gasteiger partial charge in [0, 0.05) is 12.1 Å². The Kier molecular flexibility index (Phi) is 6.07. The first-order valence-electron chi connectivity index (χ1n) is 3.51. The van der Waals surface area contributed by atoms with Gasteiger partial charge in [-0.15, -0.1) is 11.6 Å². The van der Waals surface area contributed by atoms with Gasteiger partial charge in [0.2, 0.25) is 0 Å². The molecule has 1 aromatic heterocycles. The molecule has 0 radical (unpaired) electrons. The van der Waals surface area contributed by atoms with E-state index in [2.05, 4.69) is 0 Å². The van der Waals surface area contributed by atoms with E-state index in [1.54, 1.807) is 0 Å². The van der Waals surface area contributed by atoms with Crippen LogP contribution >= 0.6 is 11.6 Å². The van der Waals surface area contributed by atoms with Crippen molar-refractivity contribution in [3.05, 3.63) is 30.6 Å². The summed E-state index contributed by atoms with van der Waals surface area (Å²) < 4.78 is 1.90. The quantitative estimate of drug-likeness (QED) is 0.433. The molecule has 1 heterocycles. The third kappa shape index (κ3) is 3.90. The van der Waals surface area contributed by atoms with Gasteiger partial charge in [0.15, 0.2) is 18.9 Å². The second-order valence-corrected chi connectivity index (χ2v) is 2.69. The monoisotopic (exact) mass is 207 g/mol. The highest BCUT2D eigenvalue weighted by atomic mass is 35.5. The van der Waals surface area contributed by atoms with Crippen molar-refractivity contribution in [1.82, 2.24) is 0 Å². The molecule has 0 aliphatic carbocycles. The summed E-state index contributed by atoms with van der Waals surface area (Å²) in [5, 5.41) is 9.16. The number of aromatic nitrogens is 1. The molecule has 0 saturated carbocycles. The normalized spacial score (nSPS) is 11.8. The summed E-state index contributed by atoms with van der Waals surface area (Å²) >= 11 is 5.44. The number of pyridine rings is 1. The number of aliphatic hydroxyl groups is 1. The van der Waals surface area contributed by atoms with Crippen LogP contribution in [0.25, 0.3) is 0 Å². The zero-order chi connectivity index (χ0) is 8.10. The fourth-order valence-electron chi connectivity index (χ4n) is 0.848. The summed E-state index contributed by atoms with van der Waals surface area (Å²) in [5.41, 5.74) is 0. The Morgan fingerprint density at radius 1 is 1.25 bits per heavy atom. The standard InChI is InChI=1S/C8H11ClNO.ClH/c9-6-8(11)7-10-4-2-1-3-5-10;/h1-5,8,11H,6-7H2;1H/q+1;/p-1. The largest absolute Gasteiger partial charge is 1.00 e. The van der Waals surface area contributed by atoms with Crippen molar-refractivity contribution in [2.24, 2.45) is 0 Å². The molecular weight excluding hydrogens is 197 g/mol. The van der Waals surface area contributed by atoms with E-state index in [0.717, 1.165) is 0 Å². The summed E-state index contributed by atoms with van der Waals surface area (Å²) in [6, 6.07) is 5.77. The average molecular weight is 208 g/mol. The maximum absolute atomic E-state index is 9.16. The fourth-order valence-corrected chi connectivity index (χ4v) is 0.946. The van der Waals surface area contributed by atoms with Gasteiger partial charge in [0.05, 0.1) is 5.88 Å². The van der Waals surface area contributed by atoms with Crippen LogP contribution < -0.4 is 17.0 Å². The zero-order valence-electron chi connectivity index (χ0n) is 6.53. The Morgan fingerprint density at radius 3 is 2.33 bits per heavy atom. The van der Waals surface area contributed by atoms with E-state index < -0.39 is 6.10 Å². The molecule has 0 amide bonds. The third-order valence-electron chi connectivity index (χ3n) is 1.38. The van der Waals surface area contributed by atoms with E-state index in [4.69, 9.17) is 16.7 Å². The van der Waals surface area contributed by atoms with Crippen LogP contribution in [0, 0.1) is 0 Å². The number of hydrogen-bond acceptors (Lipinski definition) is 1. The molecule has 1 aromatic rings. The van der Waals surface area contributed by atoms with Gasteiger partial charge in [-0.1, -0.05) is 6.07 Å². The molecule has 68 valence electrons. The van der Waals surface area contributed by atoms with Gasteiger partial charge in [0.1, 0.15) is 6.10 Å². The van der Waals surface area contributed by atoms with Crippen LogP contribution in [-0.4, -0.2) is 17.1 Å². The van der Waals surface area contributed by atoms with Crippen LogP contribution in [0.3, 0.4) is 0 Å². The topological polar surface area (TPSA) is 24.1 Å². The molecular formula is C8H11Cl2NO. The molecule has 12 heavy (non-hydrogen) atoms. The minimum atomic E-state index is -0.455. The van der Waals surface area contributed by atoms with Gasteiger partial charge in [-0.3, -0.25) is 0 Å². The highest BCUT2D eigenvalue weighted by molar-refractivity contribution is 6.18. The Hall–Kier alpha value is -0.310. The molecule has 0 aromatic carbocycles. The summed E-state index contributed by atoms with van der Waals surface area (Å²) in [7, 11) is 0. The maximum Gasteiger partial charge on any atom is 0.175 e. The first-order chi connectivity index (χ1) is 5.33. The first kappa shape index (κ1) is 11.7. The Bertz CT molecular complexity index is 205. The van der Waals surface area contributed by atoms with E-state index in [9.17, 15) is 0 Å². The lowest BCUT2D eigenvalue weighted by atomic mass is 10.4. The fraction of sp³-hybridized carbons (Fsp3) is 0.375. The van der Waals surface area contributed by atoms with Gasteiger partial charge in [-0.25, -0.2) is 4.57 Å². The summed E-state index contributed by atoms with van der Waals surface area (Å²) in [6.45, 7) is 0.560. The maximum atomic E-state index is 9.16. The molecule has 2 nitrogen and oxygen atoms in total. The predicted molar refractivity (Wildman–Crippen MR) is 43.4 cm³/mol. The van der Waals surface area contributed by atoms with Crippen LogP contribution in [-0.2, 0) is 6.54 Å². The minimum absolute atomic E-state index is 0. The van der Waals surface area contributed by atoms with Crippen molar-refractivity contribution in [2.75, 3.05) is 5.88 Å². The molecule has 1 unspecified atom stereocenters. The van der Waals surface area contributed by atoms with Crippen molar-refractivity contribution in [2.45, 2.75) is 12.6 Å². The van der Waals surface area contributed by atoms with Gasteiger partial charge < -0.3 is 17.5 Å². The zero-order valence-corrected chi connectivity index (χ0v) is 8.04. The third-order valence-corrected chi connectivity index (χ3v) is 1.73. The van der Waals surface area contributed by atoms with Crippen molar-refractivity contribution >= 4 is 11.6 Å². The molecule has 0 spiro atoms. The van der Waals surface area contributed by atoms with Gasteiger partial charge >= 0.3 is 0 Å². The molecule has 0 saturated heterocycles. The Balaban J connectivity index is 0.00000121. The minimum Gasteiger partial charge on any atom is -1.00 e.